The standard InChI is InChI=1S/C22H33NO2S/c1-3-5-6-10-15-19(12-4-2)26-23-21(24)17-11-16-20(22(23)25)18-13-8-7-9-14-18/h7-9,13-14,19-20H,3-6,10-12,15-17H2,1-2H3. The lowest BCUT2D eigenvalue weighted by Gasteiger charge is -2.26. The van der Waals surface area contributed by atoms with Crippen molar-refractivity contribution in [3.63, 3.8) is 0 Å². The molecular formula is C22H33NO2S. The van der Waals surface area contributed by atoms with Crippen molar-refractivity contribution in [2.24, 2.45) is 0 Å². The summed E-state index contributed by atoms with van der Waals surface area (Å²) in [5.41, 5.74) is 1.03. The zero-order chi connectivity index (χ0) is 18.8. The van der Waals surface area contributed by atoms with Gasteiger partial charge in [0, 0.05) is 11.7 Å². The number of benzene rings is 1. The Kier molecular flexibility index (Phi) is 9.24. The van der Waals surface area contributed by atoms with E-state index in [1.54, 1.807) is 0 Å². The number of imide groups is 1. The second kappa shape index (κ2) is 11.4. The maximum atomic E-state index is 13.2. The highest BCUT2D eigenvalue weighted by atomic mass is 32.2. The fraction of sp³-hybridized carbons (Fsp3) is 0.636. The summed E-state index contributed by atoms with van der Waals surface area (Å²) in [5.74, 6) is -0.205. The van der Waals surface area contributed by atoms with Gasteiger partial charge in [-0.05, 0) is 43.2 Å². The van der Waals surface area contributed by atoms with Crippen molar-refractivity contribution in [2.45, 2.75) is 89.2 Å². The van der Waals surface area contributed by atoms with E-state index in [2.05, 4.69) is 13.8 Å². The Bertz CT molecular complexity index is 561. The molecule has 0 spiro atoms. The second-order valence-corrected chi connectivity index (χ2v) is 8.49. The molecule has 0 aliphatic carbocycles. The van der Waals surface area contributed by atoms with Crippen LogP contribution >= 0.6 is 11.9 Å². The minimum Gasteiger partial charge on any atom is -0.273 e. The third-order valence-electron chi connectivity index (χ3n) is 5.05. The van der Waals surface area contributed by atoms with E-state index in [-0.39, 0.29) is 17.7 Å². The van der Waals surface area contributed by atoms with Crippen LogP contribution in [0.4, 0.5) is 0 Å². The molecule has 4 heteroatoms. The van der Waals surface area contributed by atoms with Crippen LogP contribution < -0.4 is 0 Å². The number of rotatable bonds is 10. The molecule has 0 N–H and O–H groups in total. The summed E-state index contributed by atoms with van der Waals surface area (Å²) < 4.78 is 1.52. The average Bonchev–Trinajstić information content (AvgIpc) is 2.79. The van der Waals surface area contributed by atoms with E-state index in [1.807, 2.05) is 30.3 Å². The van der Waals surface area contributed by atoms with Gasteiger partial charge in [-0.1, -0.05) is 76.3 Å². The molecule has 26 heavy (non-hydrogen) atoms. The lowest BCUT2D eigenvalue weighted by atomic mass is 9.94. The number of amides is 2. The highest BCUT2D eigenvalue weighted by Gasteiger charge is 2.34. The van der Waals surface area contributed by atoms with E-state index >= 15 is 0 Å². The Labute approximate surface area is 163 Å². The third kappa shape index (κ3) is 6.15. The first-order valence-corrected chi connectivity index (χ1v) is 11.1. The van der Waals surface area contributed by atoms with Gasteiger partial charge in [0.1, 0.15) is 0 Å². The maximum Gasteiger partial charge on any atom is 0.246 e. The summed E-state index contributed by atoms with van der Waals surface area (Å²) in [5, 5.41) is 0.360. The van der Waals surface area contributed by atoms with Gasteiger partial charge in [0.2, 0.25) is 11.8 Å². The Hall–Kier alpha value is -1.29. The fourth-order valence-electron chi connectivity index (χ4n) is 3.57. The van der Waals surface area contributed by atoms with Crippen molar-refractivity contribution >= 4 is 23.8 Å². The highest BCUT2D eigenvalue weighted by molar-refractivity contribution is 7.98. The lowest BCUT2D eigenvalue weighted by Crippen LogP contribution is -2.34. The smallest absolute Gasteiger partial charge is 0.246 e. The fourth-order valence-corrected chi connectivity index (χ4v) is 4.92. The van der Waals surface area contributed by atoms with Crippen molar-refractivity contribution in [2.75, 3.05) is 0 Å². The molecule has 0 bridgehead atoms. The Morgan fingerprint density at radius 2 is 1.81 bits per heavy atom. The average molecular weight is 376 g/mol. The van der Waals surface area contributed by atoms with Crippen LogP contribution in [-0.4, -0.2) is 21.4 Å². The Morgan fingerprint density at radius 3 is 2.50 bits per heavy atom. The number of carbonyl (C=O) groups excluding carboxylic acids is 2. The molecule has 1 aliphatic heterocycles. The van der Waals surface area contributed by atoms with E-state index in [9.17, 15) is 9.59 Å². The minimum absolute atomic E-state index is 0.00640. The van der Waals surface area contributed by atoms with Crippen molar-refractivity contribution in [1.29, 1.82) is 0 Å². The van der Waals surface area contributed by atoms with Gasteiger partial charge in [0.25, 0.3) is 0 Å². The molecule has 0 saturated carbocycles. The van der Waals surface area contributed by atoms with Crippen LogP contribution in [0.25, 0.3) is 0 Å². The maximum absolute atomic E-state index is 13.2. The van der Waals surface area contributed by atoms with E-state index in [1.165, 1.54) is 41.9 Å². The molecule has 144 valence electrons. The summed E-state index contributed by atoms with van der Waals surface area (Å²) in [7, 11) is 0. The SMILES string of the molecule is CCCCCCC(CCC)SN1C(=O)CCCC(c2ccccc2)C1=O. The summed E-state index contributed by atoms with van der Waals surface area (Å²) in [4.78, 5) is 25.8. The first kappa shape index (κ1) is 21.0. The van der Waals surface area contributed by atoms with Gasteiger partial charge in [0.05, 0.1) is 5.92 Å². The summed E-state index contributed by atoms with van der Waals surface area (Å²) in [6, 6.07) is 9.93. The van der Waals surface area contributed by atoms with Gasteiger partial charge in [-0.15, -0.1) is 0 Å². The number of hydrogen-bond donors (Lipinski definition) is 0. The summed E-state index contributed by atoms with van der Waals surface area (Å²) in [6.45, 7) is 4.40. The Morgan fingerprint density at radius 1 is 1.04 bits per heavy atom. The van der Waals surface area contributed by atoms with E-state index in [0.717, 1.165) is 37.7 Å². The molecule has 0 aromatic heterocycles. The Balaban J connectivity index is 2.07. The van der Waals surface area contributed by atoms with Gasteiger partial charge >= 0.3 is 0 Å². The van der Waals surface area contributed by atoms with Crippen molar-refractivity contribution in [1.82, 2.24) is 4.31 Å². The van der Waals surface area contributed by atoms with Crippen LogP contribution in [-0.2, 0) is 9.59 Å². The largest absolute Gasteiger partial charge is 0.273 e. The third-order valence-corrected chi connectivity index (χ3v) is 6.42. The lowest BCUT2D eigenvalue weighted by molar-refractivity contribution is -0.137. The number of carbonyl (C=O) groups is 2. The zero-order valence-electron chi connectivity index (χ0n) is 16.3. The van der Waals surface area contributed by atoms with Crippen LogP contribution in [0.3, 0.4) is 0 Å². The van der Waals surface area contributed by atoms with E-state index in [4.69, 9.17) is 0 Å². The molecule has 1 saturated heterocycles. The predicted octanol–water partition coefficient (Wildman–Crippen LogP) is 6.10. The molecule has 2 atom stereocenters. The van der Waals surface area contributed by atoms with Crippen LogP contribution in [0.15, 0.2) is 30.3 Å². The molecule has 2 unspecified atom stereocenters. The molecule has 1 aliphatic rings. The molecule has 3 nitrogen and oxygen atoms in total. The highest BCUT2D eigenvalue weighted by Crippen LogP contribution is 2.35. The predicted molar refractivity (Wildman–Crippen MR) is 110 cm³/mol. The van der Waals surface area contributed by atoms with Crippen molar-refractivity contribution in [3.05, 3.63) is 35.9 Å². The summed E-state index contributed by atoms with van der Waals surface area (Å²) >= 11 is 1.51. The molecule has 1 aromatic rings. The zero-order valence-corrected chi connectivity index (χ0v) is 17.1. The summed E-state index contributed by atoms with van der Waals surface area (Å²) in [6.07, 6.45) is 10.2. The first-order valence-electron chi connectivity index (χ1n) is 10.3. The first-order chi connectivity index (χ1) is 12.7. The van der Waals surface area contributed by atoms with Crippen molar-refractivity contribution in [3.8, 4) is 0 Å². The van der Waals surface area contributed by atoms with Crippen molar-refractivity contribution < 1.29 is 9.59 Å². The van der Waals surface area contributed by atoms with Gasteiger partial charge in [-0.2, -0.15) is 0 Å². The van der Waals surface area contributed by atoms with Gasteiger partial charge in [-0.3, -0.25) is 9.59 Å². The van der Waals surface area contributed by atoms with Crippen LogP contribution in [0.1, 0.15) is 89.5 Å². The normalized spacial score (nSPS) is 19.5. The minimum atomic E-state index is -0.183. The number of unbranched alkanes of at least 4 members (excludes halogenated alkanes) is 3. The van der Waals surface area contributed by atoms with E-state index in [0.29, 0.717) is 11.7 Å². The van der Waals surface area contributed by atoms with Gasteiger partial charge in [-0.25, -0.2) is 4.31 Å². The van der Waals surface area contributed by atoms with Crippen LogP contribution in [0.5, 0.6) is 0 Å². The molecule has 1 heterocycles. The monoisotopic (exact) mass is 375 g/mol. The molecule has 2 amide bonds. The molecule has 1 aromatic carbocycles. The molecule has 2 rings (SSSR count). The second-order valence-electron chi connectivity index (χ2n) is 7.25. The topological polar surface area (TPSA) is 37.4 Å². The van der Waals surface area contributed by atoms with Gasteiger partial charge < -0.3 is 0 Å². The number of hydrogen-bond acceptors (Lipinski definition) is 3. The van der Waals surface area contributed by atoms with E-state index < -0.39 is 0 Å². The van der Waals surface area contributed by atoms with Gasteiger partial charge in [0.15, 0.2) is 0 Å². The number of nitrogens with zero attached hydrogens (tertiary/aromatic N) is 1. The molecule has 1 fully saturated rings. The van der Waals surface area contributed by atoms with Crippen LogP contribution in [0.2, 0.25) is 0 Å². The molecule has 0 radical (unpaired) electrons. The quantitative estimate of drug-likeness (QED) is 0.282. The van der Waals surface area contributed by atoms with Crippen LogP contribution in [0, 0.1) is 0 Å². The molecular weight excluding hydrogens is 342 g/mol.